The molecule has 0 bridgehead atoms. The first-order valence-corrected chi connectivity index (χ1v) is 14.9. The van der Waals surface area contributed by atoms with Gasteiger partial charge in [-0.3, -0.25) is 15.0 Å². The minimum Gasteiger partial charge on any atom is -0.436 e. The quantitative estimate of drug-likeness (QED) is 0.301. The monoisotopic (exact) mass is 542 g/mol. The zero-order chi connectivity index (χ0) is 27.5. The fourth-order valence-corrected chi connectivity index (χ4v) is 5.17. The summed E-state index contributed by atoms with van der Waals surface area (Å²) < 4.78 is 37.4. The van der Waals surface area contributed by atoms with Crippen LogP contribution in [0.1, 0.15) is 51.5 Å². The van der Waals surface area contributed by atoms with Crippen LogP contribution in [0.2, 0.25) is 0 Å². The van der Waals surface area contributed by atoms with E-state index in [2.05, 4.69) is 5.43 Å². The minimum atomic E-state index is -3.85. The molecule has 8 nitrogen and oxygen atoms in total. The van der Waals surface area contributed by atoms with Gasteiger partial charge in [0.05, 0.1) is 30.4 Å². The maximum atomic E-state index is 13.7. The summed E-state index contributed by atoms with van der Waals surface area (Å²) in [5.74, 6) is -2.69. The van der Waals surface area contributed by atoms with Crippen LogP contribution in [0, 0.1) is 17.8 Å². The molecular weight excluding hydrogens is 504 g/mol. The molecule has 0 saturated carbocycles. The molecule has 1 aliphatic rings. The molecule has 206 valence electrons. The third kappa shape index (κ3) is 8.99. The Hall–Kier alpha value is -3.17. The molecule has 1 fully saturated rings. The van der Waals surface area contributed by atoms with E-state index in [1.165, 1.54) is 0 Å². The van der Waals surface area contributed by atoms with Crippen molar-refractivity contribution in [2.75, 3.05) is 17.3 Å². The fourth-order valence-electron chi connectivity index (χ4n) is 4.41. The second kappa shape index (κ2) is 14.1. The number of carbonyl (C=O) groups excluding carboxylic acids is 2. The van der Waals surface area contributed by atoms with Crippen molar-refractivity contribution in [2.24, 2.45) is 17.8 Å². The molecule has 1 heterocycles. The summed E-state index contributed by atoms with van der Waals surface area (Å²) >= 11 is 0. The molecule has 0 radical (unpaired) electrons. The topological polar surface area (TPSA) is 102 Å². The number of benzene rings is 2. The summed E-state index contributed by atoms with van der Waals surface area (Å²) in [6.07, 6.45) is 7.16. The Morgan fingerprint density at radius 1 is 1.05 bits per heavy atom. The van der Waals surface area contributed by atoms with Crippen LogP contribution in [0.15, 0.2) is 66.7 Å². The molecule has 1 saturated heterocycles. The number of amides is 1. The van der Waals surface area contributed by atoms with E-state index in [0.29, 0.717) is 25.1 Å². The third-order valence-corrected chi connectivity index (χ3v) is 7.24. The summed E-state index contributed by atoms with van der Waals surface area (Å²) in [7, 11) is -3.85. The SMILES string of the molecule is CC(C)CC(C(=O)NN(c1ccccc1)S(C)(=O)=O)[C@@H](CC=Cc1ccccc1)C(=O)O[C@H]1CCCCO1. The van der Waals surface area contributed by atoms with Crippen LogP contribution in [0.3, 0.4) is 0 Å². The van der Waals surface area contributed by atoms with Crippen LogP contribution >= 0.6 is 0 Å². The van der Waals surface area contributed by atoms with Crippen molar-refractivity contribution in [1.29, 1.82) is 0 Å². The smallest absolute Gasteiger partial charge is 0.312 e. The molecule has 0 aromatic heterocycles. The summed E-state index contributed by atoms with van der Waals surface area (Å²) in [5.41, 5.74) is 3.83. The van der Waals surface area contributed by atoms with Crippen LogP contribution in [0.5, 0.6) is 0 Å². The molecule has 2 aromatic rings. The molecule has 3 atom stereocenters. The Bertz CT molecular complexity index is 1160. The molecule has 1 unspecified atom stereocenters. The molecule has 1 aliphatic heterocycles. The van der Waals surface area contributed by atoms with Gasteiger partial charge in [0.2, 0.25) is 22.2 Å². The number of nitrogens with zero attached hydrogens (tertiary/aromatic N) is 1. The lowest BCUT2D eigenvalue weighted by molar-refractivity contribution is -0.193. The molecule has 2 aromatic carbocycles. The number of allylic oxidation sites excluding steroid dienone is 1. The lowest BCUT2D eigenvalue weighted by Gasteiger charge is -2.31. The van der Waals surface area contributed by atoms with E-state index in [4.69, 9.17) is 9.47 Å². The largest absolute Gasteiger partial charge is 0.436 e. The molecule has 1 amide bonds. The van der Waals surface area contributed by atoms with Gasteiger partial charge in [-0.15, -0.1) is 0 Å². The first-order chi connectivity index (χ1) is 18.1. The highest BCUT2D eigenvalue weighted by Gasteiger charge is 2.37. The lowest BCUT2D eigenvalue weighted by atomic mass is 9.82. The second-order valence-corrected chi connectivity index (χ2v) is 11.8. The molecule has 0 aliphatic carbocycles. The highest BCUT2D eigenvalue weighted by molar-refractivity contribution is 7.92. The van der Waals surface area contributed by atoms with Gasteiger partial charge in [-0.1, -0.05) is 74.5 Å². The lowest BCUT2D eigenvalue weighted by Crippen LogP contribution is -2.50. The standard InChI is InChI=1S/C29H38N2O6S/c1-22(2)21-26(28(32)30-31(38(3,34)35)24-16-8-5-9-17-24)25(18-12-15-23-13-6-4-7-14-23)29(33)37-27-19-10-11-20-36-27/h4-9,12-17,22,25-27H,10-11,18-21H2,1-3H3,(H,30,32)/t25-,26?,27+/m1/s1. The number of ether oxygens (including phenoxy) is 2. The number of sulfonamides is 1. The second-order valence-electron chi connectivity index (χ2n) is 9.96. The summed E-state index contributed by atoms with van der Waals surface area (Å²) in [6.45, 7) is 4.43. The van der Waals surface area contributed by atoms with E-state index in [1.54, 1.807) is 30.3 Å². The van der Waals surface area contributed by atoms with E-state index in [0.717, 1.165) is 29.1 Å². The van der Waals surface area contributed by atoms with E-state index in [1.807, 2.05) is 56.3 Å². The summed E-state index contributed by atoms with van der Waals surface area (Å²) in [5, 5.41) is 0. The normalized spacial score (nSPS) is 17.6. The summed E-state index contributed by atoms with van der Waals surface area (Å²) in [4.78, 5) is 27.2. The first-order valence-electron chi connectivity index (χ1n) is 13.0. The van der Waals surface area contributed by atoms with Crippen molar-refractivity contribution < 1.29 is 27.5 Å². The van der Waals surface area contributed by atoms with Crippen molar-refractivity contribution in [3.63, 3.8) is 0 Å². The number of hydrogen-bond acceptors (Lipinski definition) is 6. The van der Waals surface area contributed by atoms with Crippen LogP contribution in [0.4, 0.5) is 5.69 Å². The van der Waals surface area contributed by atoms with Gasteiger partial charge in [0.15, 0.2) is 0 Å². The van der Waals surface area contributed by atoms with Crippen LogP contribution in [-0.2, 0) is 29.1 Å². The number of nitrogens with one attached hydrogen (secondary N) is 1. The van der Waals surface area contributed by atoms with Crippen LogP contribution in [0.25, 0.3) is 6.08 Å². The number of rotatable bonds is 12. The van der Waals surface area contributed by atoms with Gasteiger partial charge in [-0.05, 0) is 49.3 Å². The maximum absolute atomic E-state index is 13.7. The minimum absolute atomic E-state index is 0.0634. The Kier molecular flexibility index (Phi) is 10.9. The average Bonchev–Trinajstić information content (AvgIpc) is 2.89. The van der Waals surface area contributed by atoms with E-state index >= 15 is 0 Å². The first kappa shape index (κ1) is 29.4. The summed E-state index contributed by atoms with van der Waals surface area (Å²) in [6, 6.07) is 18.0. The number of esters is 1. The average molecular weight is 543 g/mol. The maximum Gasteiger partial charge on any atom is 0.312 e. The van der Waals surface area contributed by atoms with Gasteiger partial charge >= 0.3 is 5.97 Å². The van der Waals surface area contributed by atoms with Gasteiger partial charge in [0.1, 0.15) is 0 Å². The van der Waals surface area contributed by atoms with Gasteiger partial charge in [0.25, 0.3) is 0 Å². The van der Waals surface area contributed by atoms with Gasteiger partial charge in [-0.25, -0.2) is 8.42 Å². The third-order valence-electron chi connectivity index (χ3n) is 6.27. The van der Waals surface area contributed by atoms with Gasteiger partial charge < -0.3 is 9.47 Å². The molecule has 38 heavy (non-hydrogen) atoms. The van der Waals surface area contributed by atoms with Crippen LogP contribution < -0.4 is 9.84 Å². The number of hydrazine groups is 1. The van der Waals surface area contributed by atoms with E-state index in [-0.39, 0.29) is 12.3 Å². The predicted octanol–water partition coefficient (Wildman–Crippen LogP) is 4.94. The molecule has 1 N–H and O–H groups in total. The zero-order valence-electron chi connectivity index (χ0n) is 22.3. The molecule has 0 spiro atoms. The van der Waals surface area contributed by atoms with Crippen molar-refractivity contribution in [1.82, 2.24) is 5.43 Å². The molecular formula is C29H38N2O6S. The highest BCUT2D eigenvalue weighted by Crippen LogP contribution is 2.29. The number of anilines is 1. The Morgan fingerprint density at radius 2 is 1.71 bits per heavy atom. The van der Waals surface area contributed by atoms with E-state index < -0.39 is 40.0 Å². The fraction of sp³-hybridized carbons (Fsp3) is 0.448. The van der Waals surface area contributed by atoms with Crippen molar-refractivity contribution in [3.8, 4) is 0 Å². The van der Waals surface area contributed by atoms with Gasteiger partial charge in [0, 0.05) is 6.42 Å². The van der Waals surface area contributed by atoms with Gasteiger partial charge in [-0.2, -0.15) is 4.41 Å². The zero-order valence-corrected chi connectivity index (χ0v) is 23.1. The predicted molar refractivity (Wildman–Crippen MR) is 148 cm³/mol. The van der Waals surface area contributed by atoms with Crippen molar-refractivity contribution >= 4 is 33.7 Å². The van der Waals surface area contributed by atoms with E-state index in [9.17, 15) is 18.0 Å². The molecule has 9 heteroatoms. The van der Waals surface area contributed by atoms with Crippen molar-refractivity contribution in [2.45, 2.75) is 52.2 Å². The van der Waals surface area contributed by atoms with Crippen molar-refractivity contribution in [3.05, 3.63) is 72.3 Å². The number of carbonyl (C=O) groups is 2. The Balaban J connectivity index is 1.89. The number of hydrogen-bond donors (Lipinski definition) is 1. The number of para-hydroxylation sites is 1. The Morgan fingerprint density at radius 3 is 2.29 bits per heavy atom. The highest BCUT2D eigenvalue weighted by atomic mass is 32.2. The molecule has 3 rings (SSSR count). The van der Waals surface area contributed by atoms with Crippen LogP contribution in [-0.4, -0.2) is 39.4 Å². The Labute approximate surface area is 226 Å².